The summed E-state index contributed by atoms with van der Waals surface area (Å²) in [7, 11) is 0. The van der Waals surface area contributed by atoms with Crippen molar-refractivity contribution in [1.29, 1.82) is 0 Å². The first-order chi connectivity index (χ1) is 10.1. The Bertz CT molecular complexity index is 653. The highest BCUT2D eigenvalue weighted by Crippen LogP contribution is 2.25. The number of hydrogen-bond donors (Lipinski definition) is 1. The van der Waals surface area contributed by atoms with Crippen LogP contribution < -0.4 is 5.32 Å². The number of nitrogens with zero attached hydrogens (tertiary/aromatic N) is 2. The Morgan fingerprint density at radius 1 is 1.18 bits per heavy atom. The molecule has 2 rings (SSSR count). The number of hydrogen-bond acceptors (Lipinski definition) is 5. The summed E-state index contributed by atoms with van der Waals surface area (Å²) in [5.41, 5.74) is -0.127. The van der Waals surface area contributed by atoms with Gasteiger partial charge >= 0.3 is 6.18 Å². The van der Waals surface area contributed by atoms with Gasteiger partial charge in [0.25, 0.3) is 0 Å². The smallest absolute Gasteiger partial charge is 0.405 e. The molecule has 2 aromatic heterocycles. The van der Waals surface area contributed by atoms with Gasteiger partial charge in [0.1, 0.15) is 12.3 Å². The third-order valence-electron chi connectivity index (χ3n) is 2.62. The van der Waals surface area contributed by atoms with Crippen LogP contribution in [0, 0.1) is 0 Å². The Kier molecular flexibility index (Phi) is 4.60. The van der Waals surface area contributed by atoms with E-state index in [1.54, 1.807) is 18.3 Å². The topological polar surface area (TPSA) is 51.0 Å². The van der Waals surface area contributed by atoms with Crippen LogP contribution in [0.3, 0.4) is 0 Å². The van der Waals surface area contributed by atoms with E-state index >= 15 is 0 Å². The molecule has 0 spiro atoms. The predicted molar refractivity (Wildman–Crippen MR) is 80.8 cm³/mol. The maximum atomic E-state index is 12.1. The Hall–Kier alpha value is -1.83. The van der Waals surface area contributed by atoms with E-state index in [1.165, 1.54) is 6.20 Å². The number of thiazole rings is 1. The molecule has 0 fully saturated rings. The van der Waals surface area contributed by atoms with Gasteiger partial charge in [-0.2, -0.15) is 13.2 Å². The molecule has 1 N–H and O–H groups in total. The van der Waals surface area contributed by atoms with E-state index in [-0.39, 0.29) is 10.5 Å². The second-order valence-corrected chi connectivity index (χ2v) is 6.74. The van der Waals surface area contributed by atoms with Gasteiger partial charge in [-0.25, -0.2) is 9.97 Å². The average molecular weight is 331 g/mol. The van der Waals surface area contributed by atoms with E-state index in [2.05, 4.69) is 15.3 Å². The van der Waals surface area contributed by atoms with Crippen LogP contribution in [0.15, 0.2) is 16.8 Å². The van der Waals surface area contributed by atoms with Crippen LogP contribution in [0.5, 0.6) is 0 Å². The lowest BCUT2D eigenvalue weighted by molar-refractivity contribution is -0.115. The summed E-state index contributed by atoms with van der Waals surface area (Å²) in [5, 5.41) is 2.46. The number of alkyl halides is 3. The van der Waals surface area contributed by atoms with Crippen LogP contribution in [-0.2, 0) is 5.41 Å². The SMILES string of the molecule is CC(C)(C)c1cnc(C=Cc2cnc(NCC(F)(F)F)s2)o1. The highest BCUT2D eigenvalue weighted by molar-refractivity contribution is 7.16. The molecule has 2 heterocycles. The molecular weight excluding hydrogens is 315 g/mol. The molecule has 0 aromatic carbocycles. The molecule has 4 nitrogen and oxygen atoms in total. The molecule has 0 amide bonds. The highest BCUT2D eigenvalue weighted by atomic mass is 32.1. The Morgan fingerprint density at radius 2 is 1.91 bits per heavy atom. The van der Waals surface area contributed by atoms with E-state index in [1.807, 2.05) is 20.8 Å². The molecule has 0 saturated carbocycles. The molecule has 0 bridgehead atoms. The van der Waals surface area contributed by atoms with Crippen molar-refractivity contribution in [3.63, 3.8) is 0 Å². The van der Waals surface area contributed by atoms with Crippen LogP contribution in [0.25, 0.3) is 12.2 Å². The molecule has 0 atom stereocenters. The number of rotatable bonds is 4. The molecular formula is C14H16F3N3OS. The van der Waals surface area contributed by atoms with Gasteiger partial charge in [-0.1, -0.05) is 32.1 Å². The first-order valence-corrected chi connectivity index (χ1v) is 7.36. The zero-order chi connectivity index (χ0) is 16.4. The Balaban J connectivity index is 1.99. The highest BCUT2D eigenvalue weighted by Gasteiger charge is 2.27. The summed E-state index contributed by atoms with van der Waals surface area (Å²) in [6, 6.07) is 0. The minimum absolute atomic E-state index is 0.127. The van der Waals surface area contributed by atoms with Crippen molar-refractivity contribution in [3.05, 3.63) is 28.9 Å². The summed E-state index contributed by atoms with van der Waals surface area (Å²) >= 11 is 1.13. The van der Waals surface area contributed by atoms with Gasteiger partial charge in [0.2, 0.25) is 5.89 Å². The van der Waals surface area contributed by atoms with Crippen LogP contribution >= 0.6 is 11.3 Å². The van der Waals surface area contributed by atoms with Crippen molar-refractivity contribution in [2.75, 3.05) is 11.9 Å². The van der Waals surface area contributed by atoms with Crippen LogP contribution in [0.2, 0.25) is 0 Å². The Labute approximate surface area is 130 Å². The van der Waals surface area contributed by atoms with E-state index in [0.29, 0.717) is 10.8 Å². The van der Waals surface area contributed by atoms with Gasteiger partial charge in [0.15, 0.2) is 5.13 Å². The lowest BCUT2D eigenvalue weighted by Crippen LogP contribution is -2.21. The summed E-state index contributed by atoms with van der Waals surface area (Å²) in [6.07, 6.45) is 2.27. The number of anilines is 1. The van der Waals surface area contributed by atoms with Crippen LogP contribution in [0.4, 0.5) is 18.3 Å². The van der Waals surface area contributed by atoms with Crippen molar-refractivity contribution in [1.82, 2.24) is 9.97 Å². The van der Waals surface area contributed by atoms with E-state index in [9.17, 15) is 13.2 Å². The number of aromatic nitrogens is 2. The lowest BCUT2D eigenvalue weighted by Gasteiger charge is -2.12. The van der Waals surface area contributed by atoms with Gasteiger partial charge < -0.3 is 9.73 Å². The average Bonchev–Trinajstić information content (AvgIpc) is 3.02. The van der Waals surface area contributed by atoms with E-state index < -0.39 is 12.7 Å². The normalized spacial score (nSPS) is 13.0. The Morgan fingerprint density at radius 3 is 2.50 bits per heavy atom. The fraction of sp³-hybridized carbons (Fsp3) is 0.429. The van der Waals surface area contributed by atoms with Crippen molar-refractivity contribution in [3.8, 4) is 0 Å². The monoisotopic (exact) mass is 331 g/mol. The van der Waals surface area contributed by atoms with Gasteiger partial charge in [0.05, 0.1) is 6.20 Å². The van der Waals surface area contributed by atoms with Crippen molar-refractivity contribution >= 4 is 28.6 Å². The minimum atomic E-state index is -4.26. The van der Waals surface area contributed by atoms with Crippen LogP contribution in [0.1, 0.15) is 37.3 Å². The molecule has 0 aliphatic rings. The van der Waals surface area contributed by atoms with Gasteiger partial charge in [-0.15, -0.1) is 0 Å². The van der Waals surface area contributed by atoms with Crippen molar-refractivity contribution in [2.24, 2.45) is 0 Å². The molecule has 0 radical (unpaired) electrons. The summed E-state index contributed by atoms with van der Waals surface area (Å²) in [5.74, 6) is 1.21. The van der Waals surface area contributed by atoms with Crippen LogP contribution in [-0.4, -0.2) is 22.7 Å². The first kappa shape index (κ1) is 16.5. The standard InChI is InChI=1S/C14H16F3N3OS/c1-13(2,3)10-7-18-11(21-10)5-4-9-6-19-12(22-9)20-8-14(15,16)17/h4-7H,8H2,1-3H3,(H,19,20). The third kappa shape index (κ3) is 4.87. The third-order valence-corrected chi connectivity index (χ3v) is 3.54. The van der Waals surface area contributed by atoms with Gasteiger partial charge in [0, 0.05) is 22.6 Å². The summed E-state index contributed by atoms with van der Waals surface area (Å²) < 4.78 is 41.9. The second kappa shape index (κ2) is 6.12. The van der Waals surface area contributed by atoms with Crippen molar-refractivity contribution in [2.45, 2.75) is 32.4 Å². The zero-order valence-corrected chi connectivity index (χ0v) is 13.2. The maximum absolute atomic E-state index is 12.1. The number of nitrogens with one attached hydrogen (secondary N) is 1. The number of oxazole rings is 1. The molecule has 22 heavy (non-hydrogen) atoms. The first-order valence-electron chi connectivity index (χ1n) is 6.54. The van der Waals surface area contributed by atoms with Gasteiger partial charge in [-0.05, 0) is 6.08 Å². The molecule has 0 saturated heterocycles. The number of halogens is 3. The molecule has 0 unspecified atom stereocenters. The minimum Gasteiger partial charge on any atom is -0.441 e. The summed E-state index contributed by atoms with van der Waals surface area (Å²) in [6.45, 7) is 4.95. The van der Waals surface area contributed by atoms with E-state index in [0.717, 1.165) is 17.1 Å². The largest absolute Gasteiger partial charge is 0.441 e. The molecule has 0 aliphatic carbocycles. The van der Waals surface area contributed by atoms with E-state index in [4.69, 9.17) is 4.42 Å². The van der Waals surface area contributed by atoms with Gasteiger partial charge in [-0.3, -0.25) is 0 Å². The molecule has 8 heteroatoms. The predicted octanol–water partition coefficient (Wildman–Crippen LogP) is 4.57. The second-order valence-electron chi connectivity index (χ2n) is 5.68. The summed E-state index contributed by atoms with van der Waals surface area (Å²) in [4.78, 5) is 8.73. The quantitative estimate of drug-likeness (QED) is 0.891. The maximum Gasteiger partial charge on any atom is 0.405 e. The fourth-order valence-corrected chi connectivity index (χ4v) is 2.20. The fourth-order valence-electron chi connectivity index (χ4n) is 1.49. The lowest BCUT2D eigenvalue weighted by atomic mass is 9.94. The molecule has 2 aromatic rings. The van der Waals surface area contributed by atoms with Crippen molar-refractivity contribution < 1.29 is 17.6 Å². The molecule has 120 valence electrons. The molecule has 0 aliphatic heterocycles. The zero-order valence-electron chi connectivity index (χ0n) is 12.4.